The van der Waals surface area contributed by atoms with Gasteiger partial charge in [-0.3, -0.25) is 0 Å². The zero-order valence-electron chi connectivity index (χ0n) is 14.2. The van der Waals surface area contributed by atoms with Gasteiger partial charge < -0.3 is 9.80 Å². The summed E-state index contributed by atoms with van der Waals surface area (Å²) >= 11 is 0. The Morgan fingerprint density at radius 3 is 2.52 bits per heavy atom. The summed E-state index contributed by atoms with van der Waals surface area (Å²) in [5.41, 5.74) is 3.72. The molecule has 0 spiro atoms. The topological polar surface area (TPSA) is 6.48 Å². The van der Waals surface area contributed by atoms with Crippen LogP contribution in [-0.2, 0) is 0 Å². The Morgan fingerprint density at radius 2 is 1.71 bits per heavy atom. The molecule has 0 aromatic carbocycles. The third kappa shape index (κ3) is 3.47. The van der Waals surface area contributed by atoms with Crippen molar-refractivity contribution in [2.45, 2.75) is 76.7 Å². The maximum Gasteiger partial charge on any atom is 0.0352 e. The van der Waals surface area contributed by atoms with Gasteiger partial charge in [0.25, 0.3) is 0 Å². The molecule has 2 nitrogen and oxygen atoms in total. The molecule has 0 aromatic rings. The van der Waals surface area contributed by atoms with Crippen molar-refractivity contribution in [1.29, 1.82) is 0 Å². The average Bonchev–Trinajstić information content (AvgIpc) is 2.71. The first-order valence-corrected chi connectivity index (χ1v) is 9.40. The van der Waals surface area contributed by atoms with Crippen molar-refractivity contribution in [3.05, 3.63) is 11.3 Å². The van der Waals surface area contributed by atoms with Gasteiger partial charge in [0.1, 0.15) is 0 Å². The van der Waals surface area contributed by atoms with E-state index in [0.717, 1.165) is 12.0 Å². The van der Waals surface area contributed by atoms with Crippen LogP contribution in [0.5, 0.6) is 0 Å². The molecule has 0 amide bonds. The number of fused-ring (bicyclic) bond motifs is 2. The zero-order valence-corrected chi connectivity index (χ0v) is 14.2. The Bertz CT molecular complexity index is 372. The van der Waals surface area contributed by atoms with Crippen LogP contribution in [0.3, 0.4) is 0 Å². The molecule has 0 saturated heterocycles. The summed E-state index contributed by atoms with van der Waals surface area (Å²) in [5.74, 6) is 0.936. The molecular formula is C19H34N2. The molecule has 2 heteroatoms. The molecule has 1 heterocycles. The average molecular weight is 290 g/mol. The molecule has 1 aliphatic heterocycles. The lowest BCUT2D eigenvalue weighted by Crippen LogP contribution is -2.37. The lowest BCUT2D eigenvalue weighted by Gasteiger charge is -2.36. The maximum absolute atomic E-state index is 2.88. The van der Waals surface area contributed by atoms with Gasteiger partial charge in [-0.25, -0.2) is 0 Å². The SMILES string of the molecule is CN(C)CCCN1C2=C(CCCCCC2)C2CCCCC21. The molecule has 0 bridgehead atoms. The number of hydrogen-bond acceptors (Lipinski definition) is 2. The molecule has 2 atom stereocenters. The molecule has 0 N–H and O–H groups in total. The maximum atomic E-state index is 2.88. The predicted octanol–water partition coefficient (Wildman–Crippen LogP) is 4.42. The highest BCUT2D eigenvalue weighted by Gasteiger charge is 2.40. The fourth-order valence-electron chi connectivity index (χ4n) is 4.94. The molecular weight excluding hydrogens is 256 g/mol. The highest BCUT2D eigenvalue weighted by atomic mass is 15.2. The summed E-state index contributed by atoms with van der Waals surface area (Å²) in [6, 6.07) is 0.879. The van der Waals surface area contributed by atoms with Gasteiger partial charge >= 0.3 is 0 Å². The van der Waals surface area contributed by atoms with E-state index in [0.29, 0.717) is 0 Å². The van der Waals surface area contributed by atoms with Crippen LogP contribution in [0.1, 0.15) is 70.6 Å². The number of nitrogens with zero attached hydrogens (tertiary/aromatic N) is 2. The van der Waals surface area contributed by atoms with Crippen molar-refractivity contribution in [1.82, 2.24) is 9.80 Å². The predicted molar refractivity (Wildman–Crippen MR) is 90.4 cm³/mol. The third-order valence-corrected chi connectivity index (χ3v) is 5.91. The van der Waals surface area contributed by atoms with E-state index in [2.05, 4.69) is 23.9 Å². The standard InChI is InChI=1S/C19H34N2/c1-20(2)14-9-15-21-18-12-6-4-3-5-10-16(18)17-11-7-8-13-19(17)21/h17,19H,3-15H2,1-2H3. The normalized spacial score (nSPS) is 30.1. The van der Waals surface area contributed by atoms with Crippen molar-refractivity contribution < 1.29 is 0 Å². The summed E-state index contributed by atoms with van der Waals surface area (Å²) in [6.45, 7) is 2.54. The van der Waals surface area contributed by atoms with E-state index in [1.165, 1.54) is 83.7 Å². The quantitative estimate of drug-likeness (QED) is 0.756. The monoisotopic (exact) mass is 290 g/mol. The minimum absolute atomic E-state index is 0.879. The van der Waals surface area contributed by atoms with Crippen LogP contribution in [0.15, 0.2) is 11.3 Å². The molecule has 2 aliphatic carbocycles. The van der Waals surface area contributed by atoms with E-state index in [9.17, 15) is 0 Å². The molecule has 120 valence electrons. The summed E-state index contributed by atoms with van der Waals surface area (Å²) in [6.07, 6.45) is 15.8. The Kier molecular flexibility index (Phi) is 5.26. The molecule has 3 aliphatic rings. The van der Waals surface area contributed by atoms with E-state index < -0.39 is 0 Å². The minimum Gasteiger partial charge on any atom is -0.371 e. The van der Waals surface area contributed by atoms with E-state index in [1.807, 2.05) is 11.3 Å². The van der Waals surface area contributed by atoms with Gasteiger partial charge in [0.2, 0.25) is 0 Å². The fraction of sp³-hybridized carbons (Fsp3) is 0.895. The van der Waals surface area contributed by atoms with Crippen molar-refractivity contribution in [3.63, 3.8) is 0 Å². The van der Waals surface area contributed by atoms with Crippen molar-refractivity contribution in [2.75, 3.05) is 27.2 Å². The molecule has 0 radical (unpaired) electrons. The van der Waals surface area contributed by atoms with E-state index in [-0.39, 0.29) is 0 Å². The highest BCUT2D eigenvalue weighted by Crippen LogP contribution is 2.46. The summed E-state index contributed by atoms with van der Waals surface area (Å²) in [5, 5.41) is 0. The first-order chi connectivity index (χ1) is 10.3. The van der Waals surface area contributed by atoms with Crippen molar-refractivity contribution in [2.24, 2.45) is 5.92 Å². The van der Waals surface area contributed by atoms with Gasteiger partial charge in [-0.15, -0.1) is 0 Å². The number of rotatable bonds is 4. The van der Waals surface area contributed by atoms with E-state index in [4.69, 9.17) is 0 Å². The first kappa shape index (κ1) is 15.4. The first-order valence-electron chi connectivity index (χ1n) is 9.40. The molecule has 21 heavy (non-hydrogen) atoms. The van der Waals surface area contributed by atoms with Crippen LogP contribution in [-0.4, -0.2) is 43.0 Å². The highest BCUT2D eigenvalue weighted by molar-refractivity contribution is 5.27. The second kappa shape index (κ2) is 7.17. The Labute approximate surface area is 131 Å². The number of allylic oxidation sites excluding steroid dienone is 1. The van der Waals surface area contributed by atoms with Crippen LogP contribution in [0.4, 0.5) is 0 Å². The smallest absolute Gasteiger partial charge is 0.0352 e. The van der Waals surface area contributed by atoms with Gasteiger partial charge in [0.05, 0.1) is 0 Å². The fourth-order valence-corrected chi connectivity index (χ4v) is 4.94. The lowest BCUT2D eigenvalue weighted by molar-refractivity contribution is 0.178. The van der Waals surface area contributed by atoms with Gasteiger partial charge in [0, 0.05) is 24.2 Å². The molecule has 1 fully saturated rings. The van der Waals surface area contributed by atoms with Crippen LogP contribution >= 0.6 is 0 Å². The van der Waals surface area contributed by atoms with E-state index >= 15 is 0 Å². The van der Waals surface area contributed by atoms with Crippen LogP contribution in [0.2, 0.25) is 0 Å². The Hall–Kier alpha value is -0.500. The Morgan fingerprint density at radius 1 is 0.952 bits per heavy atom. The second-order valence-electron chi connectivity index (χ2n) is 7.69. The van der Waals surface area contributed by atoms with Crippen molar-refractivity contribution in [3.8, 4) is 0 Å². The van der Waals surface area contributed by atoms with E-state index in [1.54, 1.807) is 0 Å². The lowest BCUT2D eigenvalue weighted by atomic mass is 9.79. The molecule has 1 saturated carbocycles. The van der Waals surface area contributed by atoms with Crippen LogP contribution in [0, 0.1) is 5.92 Å². The molecule has 0 aromatic heterocycles. The van der Waals surface area contributed by atoms with Gasteiger partial charge in [0.15, 0.2) is 0 Å². The minimum atomic E-state index is 0.879. The second-order valence-corrected chi connectivity index (χ2v) is 7.69. The van der Waals surface area contributed by atoms with Crippen LogP contribution in [0.25, 0.3) is 0 Å². The Balaban J connectivity index is 1.74. The van der Waals surface area contributed by atoms with Gasteiger partial charge in [-0.1, -0.05) is 25.7 Å². The largest absolute Gasteiger partial charge is 0.371 e. The summed E-state index contributed by atoms with van der Waals surface area (Å²) < 4.78 is 0. The van der Waals surface area contributed by atoms with Gasteiger partial charge in [-0.05, 0) is 71.2 Å². The van der Waals surface area contributed by atoms with Gasteiger partial charge in [-0.2, -0.15) is 0 Å². The van der Waals surface area contributed by atoms with Crippen LogP contribution < -0.4 is 0 Å². The summed E-state index contributed by atoms with van der Waals surface area (Å²) in [7, 11) is 4.40. The molecule has 2 unspecified atom stereocenters. The van der Waals surface area contributed by atoms with Crippen molar-refractivity contribution >= 4 is 0 Å². The summed E-state index contributed by atoms with van der Waals surface area (Å²) in [4.78, 5) is 5.22. The third-order valence-electron chi connectivity index (χ3n) is 5.91. The number of hydrogen-bond donors (Lipinski definition) is 0. The zero-order chi connectivity index (χ0) is 14.7. The molecule has 3 rings (SSSR count).